The standard InChI is InChI=1S/C26H23N3O4S/c1-18(30)20-12-14-22(15-13-20)28-26(31)23(17-19-7-3-2-4-8-19)29-34(32,33)24-11-5-9-21-10-6-16-27-25(21)24/h2-16,23,29H,17H2,1H3,(H,28,31)/t23-/m1/s1. The van der Waals surface area contributed by atoms with Crippen LogP contribution in [0.1, 0.15) is 22.8 Å². The number of benzene rings is 3. The number of carbonyl (C=O) groups is 2. The summed E-state index contributed by atoms with van der Waals surface area (Å²) in [5, 5.41) is 3.43. The van der Waals surface area contributed by atoms with Gasteiger partial charge in [-0.2, -0.15) is 4.72 Å². The maximum absolute atomic E-state index is 13.4. The van der Waals surface area contributed by atoms with Crippen LogP contribution in [0.25, 0.3) is 10.9 Å². The molecule has 0 fully saturated rings. The predicted molar refractivity (Wildman–Crippen MR) is 131 cm³/mol. The number of sulfonamides is 1. The largest absolute Gasteiger partial charge is 0.325 e. The van der Waals surface area contributed by atoms with Crippen LogP contribution in [0.4, 0.5) is 5.69 Å². The second-order valence-electron chi connectivity index (χ2n) is 7.82. The van der Waals surface area contributed by atoms with Crippen molar-refractivity contribution in [2.24, 2.45) is 0 Å². The first-order chi connectivity index (χ1) is 16.3. The minimum absolute atomic E-state index is 0.00210. The van der Waals surface area contributed by atoms with Crippen molar-refractivity contribution in [1.29, 1.82) is 0 Å². The van der Waals surface area contributed by atoms with Gasteiger partial charge in [0.2, 0.25) is 15.9 Å². The zero-order valence-corrected chi connectivity index (χ0v) is 19.2. The summed E-state index contributed by atoms with van der Waals surface area (Å²) in [6.45, 7) is 1.46. The van der Waals surface area contributed by atoms with Crippen molar-refractivity contribution in [1.82, 2.24) is 9.71 Å². The van der Waals surface area contributed by atoms with E-state index in [2.05, 4.69) is 15.0 Å². The summed E-state index contributed by atoms with van der Waals surface area (Å²) < 4.78 is 29.3. The topological polar surface area (TPSA) is 105 Å². The molecule has 1 atom stereocenters. The number of hydrogen-bond acceptors (Lipinski definition) is 5. The average Bonchev–Trinajstić information content (AvgIpc) is 2.84. The third-order valence-electron chi connectivity index (χ3n) is 5.34. The summed E-state index contributed by atoms with van der Waals surface area (Å²) in [6.07, 6.45) is 1.68. The molecule has 8 heteroatoms. The second-order valence-corrected chi connectivity index (χ2v) is 9.50. The van der Waals surface area contributed by atoms with E-state index < -0.39 is 22.0 Å². The fraction of sp³-hybridized carbons (Fsp3) is 0.115. The van der Waals surface area contributed by atoms with Gasteiger partial charge in [-0.05, 0) is 55.3 Å². The van der Waals surface area contributed by atoms with Crippen LogP contribution in [-0.4, -0.2) is 31.1 Å². The van der Waals surface area contributed by atoms with Crippen LogP contribution < -0.4 is 10.0 Å². The van der Waals surface area contributed by atoms with Crippen molar-refractivity contribution < 1.29 is 18.0 Å². The van der Waals surface area contributed by atoms with Gasteiger partial charge >= 0.3 is 0 Å². The first kappa shape index (κ1) is 23.3. The molecule has 0 aliphatic heterocycles. The molecule has 0 aliphatic rings. The molecular formula is C26H23N3O4S. The van der Waals surface area contributed by atoms with Crippen LogP contribution in [0.2, 0.25) is 0 Å². The molecule has 1 heterocycles. The van der Waals surface area contributed by atoms with Crippen LogP contribution in [0.3, 0.4) is 0 Å². The lowest BCUT2D eigenvalue weighted by Gasteiger charge is -2.19. The van der Waals surface area contributed by atoms with E-state index in [0.29, 0.717) is 22.2 Å². The number of pyridine rings is 1. The molecule has 0 aliphatic carbocycles. The second kappa shape index (κ2) is 9.94. The number of nitrogens with zero attached hydrogens (tertiary/aromatic N) is 1. The molecule has 0 bridgehead atoms. The van der Waals surface area contributed by atoms with Crippen LogP contribution in [0.15, 0.2) is 96.0 Å². The van der Waals surface area contributed by atoms with E-state index in [0.717, 1.165) is 5.56 Å². The van der Waals surface area contributed by atoms with E-state index in [1.807, 2.05) is 30.3 Å². The summed E-state index contributed by atoms with van der Waals surface area (Å²) in [7, 11) is -4.08. The Balaban J connectivity index is 1.64. The Labute approximate surface area is 197 Å². The molecule has 0 spiro atoms. The van der Waals surface area contributed by atoms with Gasteiger partial charge < -0.3 is 5.32 Å². The minimum atomic E-state index is -4.08. The quantitative estimate of drug-likeness (QED) is 0.377. The number of para-hydroxylation sites is 1. The Morgan fingerprint density at radius 3 is 2.29 bits per heavy atom. The number of fused-ring (bicyclic) bond motifs is 1. The first-order valence-corrected chi connectivity index (χ1v) is 12.1. The van der Waals surface area contributed by atoms with Gasteiger partial charge in [0, 0.05) is 22.8 Å². The average molecular weight is 474 g/mol. The number of amides is 1. The molecule has 3 aromatic carbocycles. The Morgan fingerprint density at radius 2 is 1.59 bits per heavy atom. The van der Waals surface area contributed by atoms with E-state index in [1.54, 1.807) is 48.5 Å². The van der Waals surface area contributed by atoms with Crippen LogP contribution in [0.5, 0.6) is 0 Å². The van der Waals surface area contributed by atoms with Gasteiger partial charge in [-0.3, -0.25) is 14.6 Å². The normalized spacial score (nSPS) is 12.3. The molecule has 0 unspecified atom stereocenters. The maximum atomic E-state index is 13.4. The summed E-state index contributed by atoms with van der Waals surface area (Å²) >= 11 is 0. The van der Waals surface area contributed by atoms with E-state index in [4.69, 9.17) is 0 Å². The van der Waals surface area contributed by atoms with Crippen molar-refractivity contribution in [3.63, 3.8) is 0 Å². The zero-order valence-electron chi connectivity index (χ0n) is 18.4. The van der Waals surface area contributed by atoms with Crippen molar-refractivity contribution in [2.75, 3.05) is 5.32 Å². The summed E-state index contributed by atoms with van der Waals surface area (Å²) in [4.78, 5) is 28.9. The molecule has 0 saturated carbocycles. The van der Waals surface area contributed by atoms with E-state index in [9.17, 15) is 18.0 Å². The van der Waals surface area contributed by atoms with Gasteiger partial charge in [0.1, 0.15) is 10.9 Å². The van der Waals surface area contributed by atoms with Crippen molar-refractivity contribution >= 4 is 38.3 Å². The molecule has 0 saturated heterocycles. The Bertz CT molecular complexity index is 1430. The van der Waals surface area contributed by atoms with E-state index in [1.165, 1.54) is 19.2 Å². The molecule has 0 radical (unpaired) electrons. The zero-order chi connectivity index (χ0) is 24.1. The highest BCUT2D eigenvalue weighted by molar-refractivity contribution is 7.89. The van der Waals surface area contributed by atoms with Crippen molar-refractivity contribution in [3.05, 3.63) is 102 Å². The number of nitrogens with one attached hydrogen (secondary N) is 2. The number of rotatable bonds is 8. The van der Waals surface area contributed by atoms with Gasteiger partial charge in [0.15, 0.2) is 5.78 Å². The number of aromatic nitrogens is 1. The van der Waals surface area contributed by atoms with Gasteiger partial charge in [-0.15, -0.1) is 0 Å². The van der Waals surface area contributed by atoms with Crippen molar-refractivity contribution in [3.8, 4) is 0 Å². The minimum Gasteiger partial charge on any atom is -0.325 e. The fourth-order valence-corrected chi connectivity index (χ4v) is 4.97. The Hall–Kier alpha value is -3.88. The molecule has 1 aromatic heterocycles. The smallest absolute Gasteiger partial charge is 0.243 e. The fourth-order valence-electron chi connectivity index (χ4n) is 3.60. The molecular weight excluding hydrogens is 450 g/mol. The number of ketones is 1. The van der Waals surface area contributed by atoms with E-state index >= 15 is 0 Å². The molecule has 34 heavy (non-hydrogen) atoms. The number of hydrogen-bond donors (Lipinski definition) is 2. The number of Topliss-reactive ketones (excluding diaryl/α,β-unsaturated/α-hetero) is 1. The van der Waals surface area contributed by atoms with Crippen LogP contribution in [0, 0.1) is 0 Å². The lowest BCUT2D eigenvalue weighted by molar-refractivity contribution is -0.117. The lowest BCUT2D eigenvalue weighted by atomic mass is 10.1. The maximum Gasteiger partial charge on any atom is 0.243 e. The summed E-state index contributed by atoms with van der Waals surface area (Å²) in [6, 6.07) is 22.9. The molecule has 1 amide bonds. The highest BCUT2D eigenvalue weighted by atomic mass is 32.2. The van der Waals surface area contributed by atoms with Gasteiger partial charge in [-0.25, -0.2) is 8.42 Å². The first-order valence-electron chi connectivity index (χ1n) is 10.7. The third kappa shape index (κ3) is 5.36. The predicted octanol–water partition coefficient (Wildman–Crippen LogP) is 3.97. The Morgan fingerprint density at radius 1 is 0.882 bits per heavy atom. The number of carbonyl (C=O) groups excluding carboxylic acids is 2. The van der Waals surface area contributed by atoms with Crippen LogP contribution in [-0.2, 0) is 21.2 Å². The highest BCUT2D eigenvalue weighted by Crippen LogP contribution is 2.21. The number of anilines is 1. The van der Waals surface area contributed by atoms with Gasteiger partial charge in [0.25, 0.3) is 0 Å². The third-order valence-corrected chi connectivity index (χ3v) is 6.84. The lowest BCUT2D eigenvalue weighted by Crippen LogP contribution is -2.45. The highest BCUT2D eigenvalue weighted by Gasteiger charge is 2.28. The molecule has 4 rings (SSSR count). The van der Waals surface area contributed by atoms with Gasteiger partial charge in [0.05, 0.1) is 5.52 Å². The Kier molecular flexibility index (Phi) is 6.81. The molecule has 7 nitrogen and oxygen atoms in total. The van der Waals surface area contributed by atoms with Crippen LogP contribution >= 0.6 is 0 Å². The monoisotopic (exact) mass is 473 g/mol. The molecule has 172 valence electrons. The summed E-state index contributed by atoms with van der Waals surface area (Å²) in [5.74, 6) is -0.604. The SMILES string of the molecule is CC(=O)c1ccc(NC(=O)[C@@H](Cc2ccccc2)NS(=O)(=O)c2cccc3cccnc23)cc1. The van der Waals surface area contributed by atoms with E-state index in [-0.39, 0.29) is 17.1 Å². The summed E-state index contributed by atoms with van der Waals surface area (Å²) in [5.41, 5.74) is 2.10. The van der Waals surface area contributed by atoms with Crippen molar-refractivity contribution in [2.45, 2.75) is 24.3 Å². The van der Waals surface area contributed by atoms with Gasteiger partial charge in [-0.1, -0.05) is 48.5 Å². The molecule has 2 N–H and O–H groups in total. The molecule has 4 aromatic rings.